The third-order valence-corrected chi connectivity index (χ3v) is 3.56. The number of hydrogen-bond donors (Lipinski definition) is 3. The third kappa shape index (κ3) is 6.18. The van der Waals surface area contributed by atoms with Crippen LogP contribution in [0.5, 0.6) is 5.75 Å². The van der Waals surface area contributed by atoms with Gasteiger partial charge in [-0.15, -0.1) is 0 Å². The van der Waals surface area contributed by atoms with Gasteiger partial charge in [0.1, 0.15) is 5.75 Å². The minimum Gasteiger partial charge on any atom is -0.484 e. The molecule has 0 saturated carbocycles. The number of para-hydroxylation sites is 1. The van der Waals surface area contributed by atoms with Crippen molar-refractivity contribution in [3.8, 4) is 5.75 Å². The van der Waals surface area contributed by atoms with Crippen molar-refractivity contribution in [1.29, 1.82) is 0 Å². The van der Waals surface area contributed by atoms with E-state index in [2.05, 4.69) is 10.6 Å². The van der Waals surface area contributed by atoms with Gasteiger partial charge in [0.25, 0.3) is 5.91 Å². The molecule has 0 aliphatic heterocycles. The lowest BCUT2D eigenvalue weighted by molar-refractivity contribution is -0.123. The summed E-state index contributed by atoms with van der Waals surface area (Å²) in [7, 11) is 0. The first-order chi connectivity index (χ1) is 12.1. The van der Waals surface area contributed by atoms with Gasteiger partial charge in [0.2, 0.25) is 5.91 Å². The smallest absolute Gasteiger partial charge is 0.257 e. The number of carbonyl (C=O) groups is 2. The number of likely N-dealkylation sites (N-methyl/N-ethyl adjacent to an activating group) is 1. The van der Waals surface area contributed by atoms with Crippen molar-refractivity contribution in [2.75, 3.05) is 24.2 Å². The van der Waals surface area contributed by atoms with Gasteiger partial charge >= 0.3 is 0 Å². The minimum absolute atomic E-state index is 0.0297. The van der Waals surface area contributed by atoms with Crippen LogP contribution in [-0.2, 0) is 16.0 Å². The fraction of sp³-hybridized carbons (Fsp3) is 0.263. The van der Waals surface area contributed by atoms with Crippen LogP contribution < -0.4 is 21.1 Å². The predicted octanol–water partition coefficient (Wildman–Crippen LogP) is 2.36. The average Bonchev–Trinajstić information content (AvgIpc) is 2.61. The number of carbonyl (C=O) groups excluding carboxylic acids is 2. The van der Waals surface area contributed by atoms with Crippen LogP contribution in [0.3, 0.4) is 0 Å². The molecule has 2 aromatic rings. The summed E-state index contributed by atoms with van der Waals surface area (Å²) in [6, 6.07) is 14.4. The van der Waals surface area contributed by atoms with Crippen LogP contribution in [0, 0.1) is 0 Å². The second kappa shape index (κ2) is 9.32. The van der Waals surface area contributed by atoms with Crippen LogP contribution in [0.1, 0.15) is 18.9 Å². The van der Waals surface area contributed by atoms with Crippen molar-refractivity contribution in [3.63, 3.8) is 0 Å². The van der Waals surface area contributed by atoms with Gasteiger partial charge in [-0.1, -0.05) is 18.2 Å². The molecule has 0 atom stereocenters. The first kappa shape index (κ1) is 18.3. The zero-order valence-corrected chi connectivity index (χ0v) is 14.2. The summed E-state index contributed by atoms with van der Waals surface area (Å²) < 4.78 is 5.36. The molecule has 2 aromatic carbocycles. The molecule has 132 valence electrons. The topological polar surface area (TPSA) is 93.5 Å². The van der Waals surface area contributed by atoms with Crippen molar-refractivity contribution in [2.45, 2.75) is 19.8 Å². The average molecular weight is 341 g/mol. The molecular weight excluding hydrogens is 318 g/mol. The molecular formula is C19H23N3O3. The SMILES string of the molecule is CCNC(=O)COc1ccc(NC(=O)CCc2ccccc2N)cc1. The van der Waals surface area contributed by atoms with Gasteiger partial charge in [-0.3, -0.25) is 9.59 Å². The van der Waals surface area contributed by atoms with E-state index in [1.807, 2.05) is 31.2 Å². The monoisotopic (exact) mass is 341 g/mol. The maximum Gasteiger partial charge on any atom is 0.257 e. The summed E-state index contributed by atoms with van der Waals surface area (Å²) in [5.41, 5.74) is 8.21. The van der Waals surface area contributed by atoms with E-state index in [-0.39, 0.29) is 18.4 Å². The third-order valence-electron chi connectivity index (χ3n) is 3.56. The molecule has 4 N–H and O–H groups in total. The maximum absolute atomic E-state index is 12.0. The van der Waals surface area contributed by atoms with E-state index in [9.17, 15) is 9.59 Å². The van der Waals surface area contributed by atoms with E-state index >= 15 is 0 Å². The number of anilines is 2. The van der Waals surface area contributed by atoms with Gasteiger partial charge in [0.15, 0.2) is 6.61 Å². The normalized spacial score (nSPS) is 10.1. The molecule has 0 fully saturated rings. The van der Waals surface area contributed by atoms with E-state index in [1.165, 1.54) is 0 Å². The Hall–Kier alpha value is -3.02. The summed E-state index contributed by atoms with van der Waals surface area (Å²) in [4.78, 5) is 23.4. The highest BCUT2D eigenvalue weighted by Crippen LogP contribution is 2.17. The summed E-state index contributed by atoms with van der Waals surface area (Å²) in [6.07, 6.45) is 0.940. The fourth-order valence-electron chi connectivity index (χ4n) is 2.27. The van der Waals surface area contributed by atoms with Crippen LogP contribution >= 0.6 is 0 Å². The molecule has 25 heavy (non-hydrogen) atoms. The minimum atomic E-state index is -0.167. The predicted molar refractivity (Wildman–Crippen MR) is 98.4 cm³/mol. The molecule has 6 nitrogen and oxygen atoms in total. The molecule has 0 aliphatic carbocycles. The lowest BCUT2D eigenvalue weighted by atomic mass is 10.1. The van der Waals surface area contributed by atoms with Gasteiger partial charge in [0, 0.05) is 24.3 Å². The Morgan fingerprint density at radius 3 is 2.44 bits per heavy atom. The molecule has 2 amide bonds. The highest BCUT2D eigenvalue weighted by atomic mass is 16.5. The van der Waals surface area contributed by atoms with Crippen molar-refractivity contribution in [2.24, 2.45) is 0 Å². The van der Waals surface area contributed by atoms with Crippen molar-refractivity contribution < 1.29 is 14.3 Å². The molecule has 0 aliphatic rings. The largest absolute Gasteiger partial charge is 0.484 e. The summed E-state index contributed by atoms with van der Waals surface area (Å²) in [5, 5.41) is 5.48. The number of nitrogens with two attached hydrogens (primary N) is 1. The molecule has 0 bridgehead atoms. The Kier molecular flexibility index (Phi) is 6.83. The zero-order valence-electron chi connectivity index (χ0n) is 14.2. The fourth-order valence-corrected chi connectivity index (χ4v) is 2.27. The Balaban J connectivity index is 1.79. The number of rotatable bonds is 8. The Morgan fingerprint density at radius 2 is 1.76 bits per heavy atom. The molecule has 0 saturated heterocycles. The Morgan fingerprint density at radius 1 is 1.04 bits per heavy atom. The summed E-state index contributed by atoms with van der Waals surface area (Å²) in [6.45, 7) is 2.39. The van der Waals surface area contributed by atoms with Crippen LogP contribution in [0.25, 0.3) is 0 Å². The second-order valence-electron chi connectivity index (χ2n) is 5.51. The molecule has 0 radical (unpaired) electrons. The number of hydrogen-bond acceptors (Lipinski definition) is 4. The molecule has 0 unspecified atom stereocenters. The molecule has 0 spiro atoms. The first-order valence-corrected chi connectivity index (χ1v) is 8.21. The van der Waals surface area contributed by atoms with E-state index < -0.39 is 0 Å². The standard InChI is InChI=1S/C19H23N3O3/c1-2-21-19(24)13-25-16-10-8-15(9-11-16)22-18(23)12-7-14-5-3-4-6-17(14)20/h3-6,8-11H,2,7,12-13,20H2,1H3,(H,21,24)(H,22,23). The number of benzene rings is 2. The second-order valence-corrected chi connectivity index (χ2v) is 5.51. The van der Waals surface area contributed by atoms with Gasteiger partial charge < -0.3 is 21.1 Å². The summed E-state index contributed by atoms with van der Waals surface area (Å²) >= 11 is 0. The van der Waals surface area contributed by atoms with E-state index in [1.54, 1.807) is 24.3 Å². The van der Waals surface area contributed by atoms with Crippen LogP contribution in [-0.4, -0.2) is 25.0 Å². The highest BCUT2D eigenvalue weighted by molar-refractivity contribution is 5.91. The van der Waals surface area contributed by atoms with Gasteiger partial charge in [0.05, 0.1) is 0 Å². The number of ether oxygens (including phenoxy) is 1. The van der Waals surface area contributed by atoms with Gasteiger partial charge in [-0.25, -0.2) is 0 Å². The van der Waals surface area contributed by atoms with E-state index in [0.29, 0.717) is 36.5 Å². The van der Waals surface area contributed by atoms with Crippen LogP contribution in [0.4, 0.5) is 11.4 Å². The van der Waals surface area contributed by atoms with Crippen molar-refractivity contribution in [1.82, 2.24) is 5.32 Å². The van der Waals surface area contributed by atoms with Gasteiger partial charge in [-0.05, 0) is 49.2 Å². The number of aryl methyl sites for hydroxylation is 1. The van der Waals surface area contributed by atoms with Crippen LogP contribution in [0.2, 0.25) is 0 Å². The molecule has 0 heterocycles. The number of nitrogens with one attached hydrogen (secondary N) is 2. The quantitative estimate of drug-likeness (QED) is 0.643. The lowest BCUT2D eigenvalue weighted by Crippen LogP contribution is -2.28. The van der Waals surface area contributed by atoms with E-state index in [4.69, 9.17) is 10.5 Å². The van der Waals surface area contributed by atoms with E-state index in [0.717, 1.165) is 5.56 Å². The van der Waals surface area contributed by atoms with Crippen molar-refractivity contribution in [3.05, 3.63) is 54.1 Å². The Bertz CT molecular complexity index is 714. The molecule has 2 rings (SSSR count). The van der Waals surface area contributed by atoms with Crippen LogP contribution in [0.15, 0.2) is 48.5 Å². The highest BCUT2D eigenvalue weighted by Gasteiger charge is 2.06. The Labute approximate surface area is 147 Å². The number of amides is 2. The number of nitrogen functional groups attached to an aromatic ring is 1. The maximum atomic E-state index is 12.0. The first-order valence-electron chi connectivity index (χ1n) is 8.21. The van der Waals surface area contributed by atoms with Crippen molar-refractivity contribution >= 4 is 23.2 Å². The lowest BCUT2D eigenvalue weighted by Gasteiger charge is -2.09. The summed E-state index contributed by atoms with van der Waals surface area (Å²) in [5.74, 6) is 0.320. The van der Waals surface area contributed by atoms with Gasteiger partial charge in [-0.2, -0.15) is 0 Å². The molecule has 6 heteroatoms. The molecule has 0 aromatic heterocycles. The zero-order chi connectivity index (χ0) is 18.1.